The summed E-state index contributed by atoms with van der Waals surface area (Å²) in [5.74, 6) is -1.29. The average Bonchev–Trinajstić information content (AvgIpc) is 3.10. The first-order chi connectivity index (χ1) is 16.2. The second kappa shape index (κ2) is 9.32. The molecule has 34 heavy (non-hydrogen) atoms. The number of carbonyl (C=O) groups excluding carboxylic acids is 1. The van der Waals surface area contributed by atoms with Crippen LogP contribution in [0.2, 0.25) is 5.02 Å². The molecule has 2 aromatic carbocycles. The third kappa shape index (κ3) is 4.17. The number of benzene rings is 2. The molecule has 0 amide bonds. The van der Waals surface area contributed by atoms with Gasteiger partial charge in [0.1, 0.15) is 5.82 Å². The van der Waals surface area contributed by atoms with Crippen LogP contribution in [0.25, 0.3) is 6.08 Å². The molecule has 0 saturated heterocycles. The molecule has 1 aliphatic heterocycles. The maximum absolute atomic E-state index is 14.4. The van der Waals surface area contributed by atoms with Crippen LogP contribution in [-0.2, 0) is 9.53 Å². The second-order valence-electron chi connectivity index (χ2n) is 7.29. The molecule has 4 rings (SSSR count). The molecule has 174 valence electrons. The highest BCUT2D eigenvalue weighted by atomic mass is 35.5. The molecule has 0 bridgehead atoms. The van der Waals surface area contributed by atoms with Gasteiger partial charge in [0.25, 0.3) is 11.2 Å². The van der Waals surface area contributed by atoms with Crippen LogP contribution in [0.1, 0.15) is 31.0 Å². The largest absolute Gasteiger partial charge is 0.463 e. The molecule has 0 N–H and O–H groups in total. The van der Waals surface area contributed by atoms with E-state index >= 15 is 0 Å². The lowest BCUT2D eigenvalue weighted by Crippen LogP contribution is -2.40. The molecular weight excluding hydrogens is 485 g/mol. The highest BCUT2D eigenvalue weighted by Crippen LogP contribution is 2.32. The van der Waals surface area contributed by atoms with Crippen LogP contribution < -0.4 is 14.9 Å². The minimum Gasteiger partial charge on any atom is -0.463 e. The maximum Gasteiger partial charge on any atom is 0.338 e. The van der Waals surface area contributed by atoms with Crippen LogP contribution in [0.3, 0.4) is 0 Å². The van der Waals surface area contributed by atoms with Gasteiger partial charge in [-0.1, -0.05) is 41.1 Å². The standard InChI is InChI=1S/C23H17ClFN3O5S/c1-3-33-22(30)19-12(2)26-23-27(20(19)13-6-4-7-14(10-13)28(31)32)21(29)18(34-23)11-15-16(24)8-5-9-17(15)25/h4-11,20H,3H2,1-2H3/b18-11-/t20-/m0/s1. The number of allylic oxidation sites excluding steroid dienone is 1. The topological polar surface area (TPSA) is 104 Å². The Balaban J connectivity index is 2.01. The van der Waals surface area contributed by atoms with E-state index in [1.807, 2.05) is 0 Å². The number of non-ortho nitro benzene ring substituents is 1. The lowest BCUT2D eigenvalue weighted by molar-refractivity contribution is -0.384. The molecule has 0 spiro atoms. The number of halogens is 2. The van der Waals surface area contributed by atoms with Crippen molar-refractivity contribution in [1.82, 2.24) is 4.57 Å². The smallest absolute Gasteiger partial charge is 0.338 e. The normalized spacial score (nSPS) is 15.6. The minimum atomic E-state index is -1.02. The van der Waals surface area contributed by atoms with Crippen molar-refractivity contribution in [2.75, 3.05) is 6.61 Å². The quantitative estimate of drug-likeness (QED) is 0.302. The summed E-state index contributed by atoms with van der Waals surface area (Å²) in [6.45, 7) is 3.33. The van der Waals surface area contributed by atoms with Crippen LogP contribution in [0, 0.1) is 15.9 Å². The van der Waals surface area contributed by atoms with E-state index in [1.165, 1.54) is 47.0 Å². The van der Waals surface area contributed by atoms with Crippen molar-refractivity contribution < 1.29 is 18.8 Å². The van der Waals surface area contributed by atoms with Crippen LogP contribution in [0.15, 0.2) is 63.5 Å². The molecule has 3 aromatic rings. The zero-order chi connectivity index (χ0) is 24.6. The predicted molar refractivity (Wildman–Crippen MR) is 125 cm³/mol. The van der Waals surface area contributed by atoms with Crippen LogP contribution in [0.5, 0.6) is 0 Å². The van der Waals surface area contributed by atoms with Crippen molar-refractivity contribution >= 4 is 40.7 Å². The number of hydrogen-bond acceptors (Lipinski definition) is 7. The number of aromatic nitrogens is 1. The molecular formula is C23H17ClFN3O5S. The van der Waals surface area contributed by atoms with Gasteiger partial charge < -0.3 is 4.74 Å². The van der Waals surface area contributed by atoms with Crippen molar-refractivity contribution in [2.24, 2.45) is 4.99 Å². The number of rotatable bonds is 5. The van der Waals surface area contributed by atoms with E-state index < -0.39 is 28.3 Å². The number of esters is 1. The van der Waals surface area contributed by atoms with E-state index in [2.05, 4.69) is 4.99 Å². The first-order valence-corrected chi connectivity index (χ1v) is 11.3. The molecule has 8 nitrogen and oxygen atoms in total. The predicted octanol–water partition coefficient (Wildman–Crippen LogP) is 3.50. The highest BCUT2D eigenvalue weighted by Gasteiger charge is 2.34. The summed E-state index contributed by atoms with van der Waals surface area (Å²) >= 11 is 7.12. The molecule has 0 radical (unpaired) electrons. The van der Waals surface area contributed by atoms with Gasteiger partial charge >= 0.3 is 5.97 Å². The Labute approximate surface area is 201 Å². The summed E-state index contributed by atoms with van der Waals surface area (Å²) in [6.07, 6.45) is 1.33. The van der Waals surface area contributed by atoms with E-state index in [1.54, 1.807) is 19.9 Å². The fourth-order valence-corrected chi connectivity index (χ4v) is 4.94. The van der Waals surface area contributed by atoms with Gasteiger partial charge in [-0.25, -0.2) is 14.2 Å². The Morgan fingerprint density at radius 1 is 1.35 bits per heavy atom. The molecule has 0 aliphatic carbocycles. The third-order valence-electron chi connectivity index (χ3n) is 5.19. The fraction of sp³-hybridized carbons (Fsp3) is 0.174. The van der Waals surface area contributed by atoms with Crippen molar-refractivity contribution in [1.29, 1.82) is 0 Å². The first kappa shape index (κ1) is 23.5. The summed E-state index contributed by atoms with van der Waals surface area (Å²) in [5.41, 5.74) is 0.0344. The van der Waals surface area contributed by atoms with Gasteiger partial charge in [-0.05, 0) is 37.6 Å². The van der Waals surface area contributed by atoms with Gasteiger partial charge in [0.15, 0.2) is 4.80 Å². The van der Waals surface area contributed by atoms with Gasteiger partial charge in [0, 0.05) is 17.7 Å². The molecule has 0 fully saturated rings. The van der Waals surface area contributed by atoms with E-state index in [0.717, 1.165) is 11.3 Å². The van der Waals surface area contributed by atoms with E-state index in [9.17, 15) is 24.1 Å². The van der Waals surface area contributed by atoms with Crippen LogP contribution in [-0.4, -0.2) is 22.1 Å². The SMILES string of the molecule is CCOC(=O)C1=C(C)N=c2s/c(=C\c3c(F)cccc3Cl)c(=O)n2[C@H]1c1cccc([N+](=O)[O-])c1. The van der Waals surface area contributed by atoms with Crippen molar-refractivity contribution in [3.05, 3.63) is 106 Å². The molecule has 0 saturated carbocycles. The molecule has 11 heteroatoms. The summed E-state index contributed by atoms with van der Waals surface area (Å²) < 4.78 is 20.9. The third-order valence-corrected chi connectivity index (χ3v) is 6.50. The number of carbonyl (C=O) groups is 1. The van der Waals surface area contributed by atoms with Gasteiger partial charge in [0.05, 0.1) is 38.4 Å². The Bertz CT molecular complexity index is 1520. The van der Waals surface area contributed by atoms with Crippen LogP contribution in [0.4, 0.5) is 10.1 Å². The maximum atomic E-state index is 14.4. The second-order valence-corrected chi connectivity index (χ2v) is 8.71. The van der Waals surface area contributed by atoms with Gasteiger partial charge in [-0.2, -0.15) is 0 Å². The van der Waals surface area contributed by atoms with E-state index in [-0.39, 0.29) is 37.8 Å². The number of nitrogens with zero attached hydrogens (tertiary/aromatic N) is 3. The highest BCUT2D eigenvalue weighted by molar-refractivity contribution is 7.07. The van der Waals surface area contributed by atoms with Gasteiger partial charge in [-0.3, -0.25) is 19.5 Å². The number of ether oxygens (including phenoxy) is 1. The zero-order valence-electron chi connectivity index (χ0n) is 18.0. The van der Waals surface area contributed by atoms with Gasteiger partial charge in [-0.15, -0.1) is 0 Å². The Morgan fingerprint density at radius 3 is 2.76 bits per heavy atom. The molecule has 1 aliphatic rings. The van der Waals surface area contributed by atoms with Crippen molar-refractivity contribution in [2.45, 2.75) is 19.9 Å². The lowest BCUT2D eigenvalue weighted by atomic mass is 9.95. The Hall–Kier alpha value is -3.63. The van der Waals surface area contributed by atoms with Crippen molar-refractivity contribution in [3.63, 3.8) is 0 Å². The minimum absolute atomic E-state index is 0.0441. The monoisotopic (exact) mass is 501 g/mol. The van der Waals surface area contributed by atoms with Crippen LogP contribution >= 0.6 is 22.9 Å². The first-order valence-electron chi connectivity index (χ1n) is 10.1. The summed E-state index contributed by atoms with van der Waals surface area (Å²) in [6, 6.07) is 8.83. The van der Waals surface area contributed by atoms with Crippen molar-refractivity contribution in [3.8, 4) is 0 Å². The molecule has 1 aromatic heterocycles. The number of nitro benzene ring substituents is 1. The summed E-state index contributed by atoms with van der Waals surface area (Å²) in [5, 5.41) is 11.5. The number of hydrogen-bond donors (Lipinski definition) is 0. The Morgan fingerprint density at radius 2 is 2.09 bits per heavy atom. The lowest BCUT2D eigenvalue weighted by Gasteiger charge is -2.24. The van der Waals surface area contributed by atoms with Gasteiger partial charge in [0.2, 0.25) is 0 Å². The molecule has 1 atom stereocenters. The van der Waals surface area contributed by atoms with E-state index in [4.69, 9.17) is 16.3 Å². The number of fused-ring (bicyclic) bond motifs is 1. The summed E-state index contributed by atoms with van der Waals surface area (Å²) in [7, 11) is 0. The molecule has 0 unspecified atom stereocenters. The van der Waals surface area contributed by atoms with E-state index in [0.29, 0.717) is 11.3 Å². The summed E-state index contributed by atoms with van der Waals surface area (Å²) in [4.78, 5) is 41.8. The fourth-order valence-electron chi connectivity index (χ4n) is 3.70. The average molecular weight is 502 g/mol. The number of thiazole rings is 1. The zero-order valence-corrected chi connectivity index (χ0v) is 19.5. The number of nitro groups is 1. The molecule has 2 heterocycles. The Kier molecular flexibility index (Phi) is 6.45.